The van der Waals surface area contributed by atoms with Crippen LogP contribution >= 0.6 is 34.9 Å². The molecule has 2 N–H and O–H groups in total. The second kappa shape index (κ2) is 14.5. The Labute approximate surface area is 292 Å². The number of rotatable bonds is 11. The van der Waals surface area contributed by atoms with Crippen LogP contribution in [0, 0.1) is 0 Å². The quantitative estimate of drug-likeness (QED) is 0.0494. The lowest BCUT2D eigenvalue weighted by Crippen LogP contribution is -2.71. The topological polar surface area (TPSA) is 152 Å². The number of para-hydroxylation sites is 1. The van der Waals surface area contributed by atoms with Crippen molar-refractivity contribution >= 4 is 58.4 Å². The first kappa shape index (κ1) is 32.3. The van der Waals surface area contributed by atoms with Gasteiger partial charge in [-0.25, -0.2) is 4.79 Å². The van der Waals surface area contributed by atoms with Gasteiger partial charge in [-0.15, -0.1) is 28.2 Å². The van der Waals surface area contributed by atoms with Gasteiger partial charge in [0, 0.05) is 11.5 Å². The third kappa shape index (κ3) is 6.60. The van der Waals surface area contributed by atoms with Crippen molar-refractivity contribution in [1.82, 2.24) is 30.4 Å². The number of benzene rings is 3. The Bertz CT molecular complexity index is 1980. The molecule has 0 unspecified atom stereocenters. The summed E-state index contributed by atoms with van der Waals surface area (Å²) in [4.78, 5) is 43.1. The maximum atomic E-state index is 14.3. The van der Waals surface area contributed by atoms with Gasteiger partial charge < -0.3 is 15.3 Å². The standard InChI is InChI=1S/C34H27N7O5S3/c42-30(26(37-45)25-17-10-18-47-25)35-27-31(43)40-28(33(44)46-29(21-11-4-1-5-12-21)22-13-6-2-7-14-22)23(19-48-32(27)40)20-49-34-36-38-39-41(34)24-15-8-3-9-16-24/h1-18,27,29,32,45H,19-20H2,(H,35,42)/b37-26+/t27-,32-/m1/s1. The summed E-state index contributed by atoms with van der Waals surface area (Å²) in [6, 6.07) is 30.7. The van der Waals surface area contributed by atoms with Crippen LogP contribution in [0.2, 0.25) is 0 Å². The van der Waals surface area contributed by atoms with Crippen LogP contribution in [0.5, 0.6) is 0 Å². The molecule has 1 saturated heterocycles. The average molecular weight is 710 g/mol. The number of β-lactam (4-membered cyclic amide) rings is 1. The highest BCUT2D eigenvalue weighted by Gasteiger charge is 2.55. The van der Waals surface area contributed by atoms with Crippen molar-refractivity contribution in [2.45, 2.75) is 22.7 Å². The van der Waals surface area contributed by atoms with Crippen LogP contribution in [-0.2, 0) is 19.1 Å². The Morgan fingerprint density at radius 1 is 0.980 bits per heavy atom. The molecule has 15 heteroatoms. The fourth-order valence-electron chi connectivity index (χ4n) is 5.51. The second-order valence-corrected chi connectivity index (χ2v) is 13.8. The van der Waals surface area contributed by atoms with E-state index in [4.69, 9.17) is 4.74 Å². The number of nitrogens with one attached hydrogen (secondary N) is 1. The van der Waals surface area contributed by atoms with Gasteiger partial charge in [-0.2, -0.15) is 4.68 Å². The highest BCUT2D eigenvalue weighted by atomic mass is 32.2. The first-order valence-corrected chi connectivity index (χ1v) is 18.0. The number of oxime groups is 1. The number of tetrazole rings is 1. The monoisotopic (exact) mass is 709 g/mol. The summed E-state index contributed by atoms with van der Waals surface area (Å²) in [6.07, 6.45) is -0.740. The third-order valence-corrected chi connectivity index (χ3v) is 11.1. The molecule has 12 nitrogen and oxygen atoms in total. The normalized spacial score (nSPS) is 17.4. The minimum atomic E-state index is -0.948. The summed E-state index contributed by atoms with van der Waals surface area (Å²) in [7, 11) is 0. The lowest BCUT2D eigenvalue weighted by molar-refractivity contribution is -0.154. The smallest absolute Gasteiger partial charge is 0.356 e. The number of hydrogen-bond donors (Lipinski definition) is 2. The van der Waals surface area contributed by atoms with Gasteiger partial charge in [0.15, 0.2) is 11.8 Å². The molecule has 49 heavy (non-hydrogen) atoms. The van der Waals surface area contributed by atoms with Crippen LogP contribution in [0.1, 0.15) is 22.1 Å². The van der Waals surface area contributed by atoms with Gasteiger partial charge in [0.1, 0.15) is 17.1 Å². The van der Waals surface area contributed by atoms with Gasteiger partial charge in [0.2, 0.25) is 5.16 Å². The molecule has 4 heterocycles. The molecule has 0 aliphatic carbocycles. The first-order valence-electron chi connectivity index (χ1n) is 15.0. The summed E-state index contributed by atoms with van der Waals surface area (Å²) in [5, 5.41) is 29.3. The van der Waals surface area contributed by atoms with Crippen molar-refractivity contribution < 1.29 is 24.3 Å². The molecule has 2 aromatic heterocycles. The zero-order valence-corrected chi connectivity index (χ0v) is 28.0. The number of carbonyl (C=O) groups is 3. The molecule has 3 aromatic carbocycles. The Balaban J connectivity index is 1.19. The van der Waals surface area contributed by atoms with E-state index in [9.17, 15) is 19.6 Å². The molecule has 0 saturated carbocycles. The maximum absolute atomic E-state index is 14.3. The van der Waals surface area contributed by atoms with Gasteiger partial charge in [0.05, 0.1) is 10.6 Å². The molecular formula is C34H27N7O5S3. The SMILES string of the molecule is O=C(OC(c1ccccc1)c1ccccc1)C1=C(CSc2nnnn2-c2ccccc2)CS[C@@H]2[C@H](NC(=O)/C(=N/O)c3cccs3)C(=O)N12. The molecule has 246 valence electrons. The van der Waals surface area contributed by atoms with Crippen molar-refractivity contribution in [1.29, 1.82) is 0 Å². The summed E-state index contributed by atoms with van der Waals surface area (Å²) < 4.78 is 7.86. The van der Waals surface area contributed by atoms with Crippen molar-refractivity contribution in [3.05, 3.63) is 136 Å². The van der Waals surface area contributed by atoms with Gasteiger partial charge >= 0.3 is 5.97 Å². The summed E-state index contributed by atoms with van der Waals surface area (Å²) >= 11 is 3.98. The molecule has 5 aromatic rings. The van der Waals surface area contributed by atoms with E-state index >= 15 is 0 Å². The fraction of sp³-hybridized carbons (Fsp3) is 0.147. The summed E-state index contributed by atoms with van der Waals surface area (Å²) in [5.74, 6) is -1.18. The van der Waals surface area contributed by atoms with E-state index in [0.717, 1.165) is 16.8 Å². The number of carbonyl (C=O) groups excluding carboxylic acids is 3. The Hall–Kier alpha value is -5.25. The van der Waals surface area contributed by atoms with E-state index in [1.54, 1.807) is 22.2 Å². The van der Waals surface area contributed by atoms with Gasteiger partial charge in [-0.3, -0.25) is 14.5 Å². The van der Waals surface area contributed by atoms with Crippen LogP contribution in [0.3, 0.4) is 0 Å². The van der Waals surface area contributed by atoms with Gasteiger partial charge in [0.25, 0.3) is 11.8 Å². The number of ether oxygens (including phenoxy) is 1. The Morgan fingerprint density at radius 2 is 1.65 bits per heavy atom. The van der Waals surface area contributed by atoms with Crippen LogP contribution in [0.4, 0.5) is 0 Å². The number of amides is 2. The summed E-state index contributed by atoms with van der Waals surface area (Å²) in [5.41, 5.74) is 2.91. The van der Waals surface area contributed by atoms with Crippen molar-refractivity contribution in [2.24, 2.45) is 5.16 Å². The number of nitrogens with zero attached hydrogens (tertiary/aromatic N) is 6. The average Bonchev–Trinajstić information content (AvgIpc) is 3.86. The number of aromatic nitrogens is 4. The third-order valence-electron chi connectivity index (χ3n) is 7.84. The molecule has 2 amide bonds. The molecule has 2 aliphatic heterocycles. The van der Waals surface area contributed by atoms with Crippen LogP contribution in [0.15, 0.2) is 130 Å². The van der Waals surface area contributed by atoms with Crippen molar-refractivity contribution in [3.8, 4) is 5.69 Å². The first-order chi connectivity index (χ1) is 24.0. The van der Waals surface area contributed by atoms with Crippen LogP contribution < -0.4 is 5.32 Å². The molecule has 1 fully saturated rings. The molecule has 7 rings (SSSR count). The Kier molecular flexibility index (Phi) is 9.54. The second-order valence-electron chi connectivity index (χ2n) is 10.8. The maximum Gasteiger partial charge on any atom is 0.356 e. The van der Waals surface area contributed by atoms with Crippen LogP contribution in [0.25, 0.3) is 5.69 Å². The number of hydrogen-bond acceptors (Lipinski definition) is 12. The number of esters is 1. The predicted octanol–water partition coefficient (Wildman–Crippen LogP) is 4.68. The molecule has 0 spiro atoms. The highest BCUT2D eigenvalue weighted by molar-refractivity contribution is 8.01. The molecule has 2 aliphatic rings. The summed E-state index contributed by atoms with van der Waals surface area (Å²) in [6.45, 7) is 0. The largest absolute Gasteiger partial charge is 0.448 e. The van der Waals surface area contributed by atoms with E-state index in [-0.39, 0.29) is 11.4 Å². The zero-order valence-electron chi connectivity index (χ0n) is 25.5. The molecule has 0 bridgehead atoms. The number of thioether (sulfide) groups is 2. The fourth-order valence-corrected chi connectivity index (χ4v) is 8.59. The minimum Gasteiger partial charge on any atom is -0.448 e. The van der Waals surface area contributed by atoms with E-state index < -0.39 is 35.3 Å². The predicted molar refractivity (Wildman–Crippen MR) is 185 cm³/mol. The van der Waals surface area contributed by atoms with E-state index in [1.165, 1.54) is 39.8 Å². The van der Waals surface area contributed by atoms with Gasteiger partial charge in [-0.05, 0) is 50.7 Å². The Morgan fingerprint density at radius 3 is 2.29 bits per heavy atom. The van der Waals surface area contributed by atoms with E-state index in [2.05, 4.69) is 26.0 Å². The molecular weight excluding hydrogens is 683 g/mol. The lowest BCUT2D eigenvalue weighted by atomic mass is 10.0. The van der Waals surface area contributed by atoms with Gasteiger partial charge in [-0.1, -0.05) is 102 Å². The molecule has 2 atom stereocenters. The van der Waals surface area contributed by atoms with Crippen LogP contribution in [-0.4, -0.2) is 76.7 Å². The lowest BCUT2D eigenvalue weighted by Gasteiger charge is -2.49. The van der Waals surface area contributed by atoms with E-state index in [0.29, 0.717) is 27.1 Å². The van der Waals surface area contributed by atoms with Crippen molar-refractivity contribution in [3.63, 3.8) is 0 Å². The molecule has 0 radical (unpaired) electrons. The zero-order chi connectivity index (χ0) is 33.7. The van der Waals surface area contributed by atoms with E-state index in [1.807, 2.05) is 91.0 Å². The van der Waals surface area contributed by atoms with Crippen molar-refractivity contribution in [2.75, 3.05) is 11.5 Å². The minimum absolute atomic E-state index is 0.122. The number of thiophene rings is 1. The highest BCUT2D eigenvalue weighted by Crippen LogP contribution is 2.43. The number of fused-ring (bicyclic) bond motifs is 1.